The van der Waals surface area contributed by atoms with Gasteiger partial charge in [0.05, 0.1) is 10.5 Å². The summed E-state index contributed by atoms with van der Waals surface area (Å²) < 4.78 is 13.8. The van der Waals surface area contributed by atoms with Gasteiger partial charge in [-0.05, 0) is 12.1 Å². The smallest absolute Gasteiger partial charge is 0.273 e. The van der Waals surface area contributed by atoms with Crippen LogP contribution in [0.2, 0.25) is 0 Å². The SMILES string of the molecule is O=C(c1ccccc1F)N1CCN(Cc2ccccc2[N+](=O)[O-])CC1. The van der Waals surface area contributed by atoms with Crippen molar-refractivity contribution in [3.8, 4) is 0 Å². The molecule has 1 aliphatic rings. The monoisotopic (exact) mass is 343 g/mol. The average molecular weight is 343 g/mol. The topological polar surface area (TPSA) is 66.7 Å². The number of halogens is 1. The Morgan fingerprint density at radius 3 is 2.36 bits per heavy atom. The highest BCUT2D eigenvalue weighted by Gasteiger charge is 2.25. The van der Waals surface area contributed by atoms with E-state index < -0.39 is 5.82 Å². The third-order valence-electron chi connectivity index (χ3n) is 4.35. The molecule has 130 valence electrons. The van der Waals surface area contributed by atoms with Gasteiger partial charge in [0.25, 0.3) is 11.6 Å². The van der Waals surface area contributed by atoms with Gasteiger partial charge in [0.15, 0.2) is 0 Å². The van der Waals surface area contributed by atoms with Crippen LogP contribution in [0.3, 0.4) is 0 Å². The molecule has 2 aromatic rings. The van der Waals surface area contributed by atoms with E-state index in [0.29, 0.717) is 38.3 Å². The summed E-state index contributed by atoms with van der Waals surface area (Å²) in [6.45, 7) is 2.57. The van der Waals surface area contributed by atoms with Crippen LogP contribution in [0.4, 0.5) is 10.1 Å². The molecular weight excluding hydrogens is 325 g/mol. The van der Waals surface area contributed by atoms with Crippen molar-refractivity contribution in [2.45, 2.75) is 6.54 Å². The Labute approximate surface area is 144 Å². The number of carbonyl (C=O) groups is 1. The summed E-state index contributed by atoms with van der Waals surface area (Å²) in [6.07, 6.45) is 0. The lowest BCUT2D eigenvalue weighted by Crippen LogP contribution is -2.48. The van der Waals surface area contributed by atoms with Crippen molar-refractivity contribution in [3.05, 3.63) is 75.6 Å². The number of para-hydroxylation sites is 1. The number of hydrogen-bond donors (Lipinski definition) is 0. The molecule has 0 bridgehead atoms. The first-order valence-electron chi connectivity index (χ1n) is 8.04. The van der Waals surface area contributed by atoms with Crippen LogP contribution in [0.1, 0.15) is 15.9 Å². The minimum absolute atomic E-state index is 0.0784. The van der Waals surface area contributed by atoms with Gasteiger partial charge < -0.3 is 4.90 Å². The molecule has 1 saturated heterocycles. The highest BCUT2D eigenvalue weighted by Crippen LogP contribution is 2.20. The van der Waals surface area contributed by atoms with E-state index in [1.165, 1.54) is 18.2 Å². The van der Waals surface area contributed by atoms with Crippen LogP contribution in [0.15, 0.2) is 48.5 Å². The Hall–Kier alpha value is -2.80. The first-order valence-corrected chi connectivity index (χ1v) is 8.04. The van der Waals surface area contributed by atoms with Gasteiger partial charge in [0.2, 0.25) is 0 Å². The van der Waals surface area contributed by atoms with E-state index in [2.05, 4.69) is 4.90 Å². The molecular formula is C18H18FN3O3. The summed E-state index contributed by atoms with van der Waals surface area (Å²) in [5.41, 5.74) is 0.836. The van der Waals surface area contributed by atoms with Crippen molar-refractivity contribution in [2.75, 3.05) is 26.2 Å². The fourth-order valence-electron chi connectivity index (χ4n) is 2.98. The van der Waals surface area contributed by atoms with Crippen LogP contribution in [0, 0.1) is 15.9 Å². The number of amides is 1. The Morgan fingerprint density at radius 2 is 1.68 bits per heavy atom. The van der Waals surface area contributed by atoms with Gasteiger partial charge in [-0.25, -0.2) is 4.39 Å². The molecule has 0 aliphatic carbocycles. The fraction of sp³-hybridized carbons (Fsp3) is 0.278. The normalized spacial score (nSPS) is 15.2. The second-order valence-corrected chi connectivity index (χ2v) is 5.93. The molecule has 0 aromatic heterocycles. The van der Waals surface area contributed by atoms with E-state index in [9.17, 15) is 19.3 Å². The molecule has 1 heterocycles. The molecule has 2 aromatic carbocycles. The lowest BCUT2D eigenvalue weighted by atomic mass is 10.1. The summed E-state index contributed by atoms with van der Waals surface area (Å²) >= 11 is 0. The summed E-state index contributed by atoms with van der Waals surface area (Å²) in [5.74, 6) is -0.835. The van der Waals surface area contributed by atoms with E-state index in [0.717, 1.165) is 0 Å². The predicted octanol–water partition coefficient (Wildman–Crippen LogP) is 2.69. The molecule has 6 nitrogen and oxygen atoms in total. The number of carbonyl (C=O) groups excluding carboxylic acids is 1. The van der Waals surface area contributed by atoms with Crippen molar-refractivity contribution >= 4 is 11.6 Å². The number of nitro benzene ring substituents is 1. The van der Waals surface area contributed by atoms with E-state index in [4.69, 9.17) is 0 Å². The van der Waals surface area contributed by atoms with Gasteiger partial charge in [-0.2, -0.15) is 0 Å². The second-order valence-electron chi connectivity index (χ2n) is 5.93. The number of nitrogens with zero attached hydrogens (tertiary/aromatic N) is 3. The summed E-state index contributed by atoms with van der Waals surface area (Å²) in [7, 11) is 0. The van der Waals surface area contributed by atoms with Gasteiger partial charge in [0, 0.05) is 44.4 Å². The molecule has 25 heavy (non-hydrogen) atoms. The van der Waals surface area contributed by atoms with Crippen molar-refractivity contribution in [1.82, 2.24) is 9.80 Å². The molecule has 0 N–H and O–H groups in total. The van der Waals surface area contributed by atoms with E-state index in [1.54, 1.807) is 35.2 Å². The molecule has 0 unspecified atom stereocenters. The molecule has 7 heteroatoms. The molecule has 1 amide bonds. The Balaban J connectivity index is 1.62. The number of rotatable bonds is 4. The molecule has 1 fully saturated rings. The molecule has 3 rings (SSSR count). The molecule has 0 radical (unpaired) electrons. The van der Waals surface area contributed by atoms with Gasteiger partial charge in [0.1, 0.15) is 5.82 Å². The first kappa shape index (κ1) is 17.0. The molecule has 1 aliphatic heterocycles. The van der Waals surface area contributed by atoms with Crippen LogP contribution < -0.4 is 0 Å². The van der Waals surface area contributed by atoms with Crippen LogP contribution in [0.25, 0.3) is 0 Å². The van der Waals surface area contributed by atoms with Gasteiger partial charge in [-0.1, -0.05) is 30.3 Å². The maximum Gasteiger partial charge on any atom is 0.273 e. The highest BCUT2D eigenvalue weighted by atomic mass is 19.1. The fourth-order valence-corrected chi connectivity index (χ4v) is 2.98. The Morgan fingerprint density at radius 1 is 1.04 bits per heavy atom. The highest BCUT2D eigenvalue weighted by molar-refractivity contribution is 5.94. The Kier molecular flexibility index (Phi) is 5.04. The largest absolute Gasteiger partial charge is 0.336 e. The number of hydrogen-bond acceptors (Lipinski definition) is 4. The Bertz CT molecular complexity index is 789. The summed E-state index contributed by atoms with van der Waals surface area (Å²) in [5, 5.41) is 11.1. The van der Waals surface area contributed by atoms with E-state index >= 15 is 0 Å². The van der Waals surface area contributed by atoms with Gasteiger partial charge in [-0.3, -0.25) is 19.8 Å². The van der Waals surface area contributed by atoms with Crippen LogP contribution in [-0.2, 0) is 6.54 Å². The minimum Gasteiger partial charge on any atom is -0.336 e. The van der Waals surface area contributed by atoms with Crippen LogP contribution in [-0.4, -0.2) is 46.8 Å². The van der Waals surface area contributed by atoms with Crippen molar-refractivity contribution in [3.63, 3.8) is 0 Å². The van der Waals surface area contributed by atoms with E-state index in [-0.39, 0.29) is 22.1 Å². The maximum absolute atomic E-state index is 13.8. The lowest BCUT2D eigenvalue weighted by molar-refractivity contribution is -0.385. The molecule has 0 atom stereocenters. The summed E-state index contributed by atoms with van der Waals surface area (Å²) in [4.78, 5) is 26.8. The average Bonchev–Trinajstić information content (AvgIpc) is 2.62. The summed E-state index contributed by atoms with van der Waals surface area (Å²) in [6, 6.07) is 12.6. The molecule has 0 spiro atoms. The third-order valence-corrected chi connectivity index (χ3v) is 4.35. The zero-order chi connectivity index (χ0) is 17.8. The number of nitro groups is 1. The minimum atomic E-state index is -0.519. The number of piperazine rings is 1. The lowest BCUT2D eigenvalue weighted by Gasteiger charge is -2.34. The van der Waals surface area contributed by atoms with Crippen molar-refractivity contribution in [1.29, 1.82) is 0 Å². The zero-order valence-corrected chi connectivity index (χ0v) is 13.6. The van der Waals surface area contributed by atoms with Crippen LogP contribution >= 0.6 is 0 Å². The maximum atomic E-state index is 13.8. The zero-order valence-electron chi connectivity index (χ0n) is 13.6. The van der Waals surface area contributed by atoms with E-state index in [1.807, 2.05) is 0 Å². The quantitative estimate of drug-likeness (QED) is 0.632. The van der Waals surface area contributed by atoms with Gasteiger partial charge >= 0.3 is 0 Å². The molecule has 0 saturated carbocycles. The standard InChI is InChI=1S/C18H18FN3O3/c19-16-7-3-2-6-15(16)18(23)21-11-9-20(10-12-21)13-14-5-1-4-8-17(14)22(24)25/h1-8H,9-13H2. The van der Waals surface area contributed by atoms with Gasteiger partial charge in [-0.15, -0.1) is 0 Å². The third kappa shape index (κ3) is 3.83. The number of benzene rings is 2. The van der Waals surface area contributed by atoms with Crippen LogP contribution in [0.5, 0.6) is 0 Å². The van der Waals surface area contributed by atoms with Crippen molar-refractivity contribution < 1.29 is 14.1 Å². The second kappa shape index (κ2) is 7.40. The first-order chi connectivity index (χ1) is 12.1. The van der Waals surface area contributed by atoms with Crippen molar-refractivity contribution in [2.24, 2.45) is 0 Å². The predicted molar refractivity (Wildman–Crippen MR) is 90.7 cm³/mol.